The van der Waals surface area contributed by atoms with Crippen molar-refractivity contribution in [3.05, 3.63) is 48.5 Å². The van der Waals surface area contributed by atoms with Gasteiger partial charge < -0.3 is 5.11 Å². The Labute approximate surface area is 92.4 Å². The zero-order valence-corrected chi connectivity index (χ0v) is 8.47. The van der Waals surface area contributed by atoms with Crippen molar-refractivity contribution in [2.24, 2.45) is 0 Å². The largest absolute Gasteiger partial charge is 0.504 e. The summed E-state index contributed by atoms with van der Waals surface area (Å²) in [6, 6.07) is 14.7. The number of phenolic OH excluding ortho intramolecular Hbond substituents is 1. The Morgan fingerprint density at radius 3 is 1.75 bits per heavy atom. The average Bonchev–Trinajstić information content (AvgIpc) is 2.36. The SMILES string of the molecule is [O]c1c(O)c2ccccc2c2ccccc12. The fraction of sp³-hybridized carbons (Fsp3) is 0. The highest BCUT2D eigenvalue weighted by molar-refractivity contribution is 6.13. The monoisotopic (exact) mass is 209 g/mol. The lowest BCUT2D eigenvalue weighted by Gasteiger charge is -2.06. The summed E-state index contributed by atoms with van der Waals surface area (Å²) >= 11 is 0. The van der Waals surface area contributed by atoms with E-state index in [0.29, 0.717) is 10.8 Å². The van der Waals surface area contributed by atoms with Gasteiger partial charge in [-0.2, -0.15) is 0 Å². The first kappa shape index (κ1) is 9.04. The number of rotatable bonds is 0. The smallest absolute Gasteiger partial charge is 0.228 e. The second-order valence-corrected chi connectivity index (χ2v) is 3.77. The molecule has 0 saturated heterocycles. The second-order valence-electron chi connectivity index (χ2n) is 3.77. The van der Waals surface area contributed by atoms with Gasteiger partial charge in [-0.3, -0.25) is 5.11 Å². The molecule has 3 rings (SSSR count). The van der Waals surface area contributed by atoms with E-state index < -0.39 is 0 Å². The van der Waals surface area contributed by atoms with E-state index in [1.54, 1.807) is 18.2 Å². The normalized spacial score (nSPS) is 11.0. The average molecular weight is 209 g/mol. The molecule has 16 heavy (non-hydrogen) atoms. The van der Waals surface area contributed by atoms with Gasteiger partial charge in [0.05, 0.1) is 0 Å². The minimum absolute atomic E-state index is 0.158. The fourth-order valence-electron chi connectivity index (χ4n) is 2.09. The van der Waals surface area contributed by atoms with Gasteiger partial charge in [0.25, 0.3) is 0 Å². The summed E-state index contributed by atoms with van der Waals surface area (Å²) in [7, 11) is 0. The van der Waals surface area contributed by atoms with Crippen molar-refractivity contribution in [3.63, 3.8) is 0 Å². The Morgan fingerprint density at radius 2 is 1.12 bits per heavy atom. The molecular weight excluding hydrogens is 200 g/mol. The van der Waals surface area contributed by atoms with Crippen molar-refractivity contribution in [2.45, 2.75) is 0 Å². The van der Waals surface area contributed by atoms with Crippen LogP contribution in [0.2, 0.25) is 0 Å². The van der Waals surface area contributed by atoms with Crippen LogP contribution in [0.3, 0.4) is 0 Å². The molecular formula is C14H9O2. The van der Waals surface area contributed by atoms with Crippen LogP contribution in [0.4, 0.5) is 0 Å². The molecule has 2 heteroatoms. The Hall–Kier alpha value is -2.22. The molecule has 3 aromatic carbocycles. The molecule has 0 aliphatic carbocycles. The van der Waals surface area contributed by atoms with Gasteiger partial charge in [0, 0.05) is 10.8 Å². The van der Waals surface area contributed by atoms with Crippen LogP contribution in [0.25, 0.3) is 21.5 Å². The molecule has 3 aromatic rings. The third-order valence-electron chi connectivity index (χ3n) is 2.86. The molecule has 0 atom stereocenters. The van der Waals surface area contributed by atoms with Gasteiger partial charge in [0.1, 0.15) is 0 Å². The summed E-state index contributed by atoms with van der Waals surface area (Å²) in [6.07, 6.45) is 0. The molecule has 1 radical (unpaired) electrons. The lowest BCUT2D eigenvalue weighted by atomic mass is 10.0. The van der Waals surface area contributed by atoms with Crippen molar-refractivity contribution in [3.8, 4) is 11.5 Å². The van der Waals surface area contributed by atoms with Crippen molar-refractivity contribution in [2.75, 3.05) is 0 Å². The molecule has 0 bridgehead atoms. The van der Waals surface area contributed by atoms with Crippen molar-refractivity contribution in [1.82, 2.24) is 0 Å². The Bertz CT molecular complexity index is 626. The molecule has 0 amide bonds. The quantitative estimate of drug-likeness (QED) is 0.561. The number of hydrogen-bond donors (Lipinski definition) is 1. The number of benzene rings is 3. The van der Waals surface area contributed by atoms with Crippen LogP contribution in [0.5, 0.6) is 11.5 Å². The molecule has 0 saturated carbocycles. The van der Waals surface area contributed by atoms with Crippen molar-refractivity contribution < 1.29 is 10.2 Å². The molecule has 0 aliphatic heterocycles. The third-order valence-corrected chi connectivity index (χ3v) is 2.86. The van der Waals surface area contributed by atoms with E-state index in [9.17, 15) is 10.2 Å². The first-order valence-electron chi connectivity index (χ1n) is 5.08. The standard InChI is InChI=1S/C14H9O2/c15-13-11-7-3-1-5-9(11)10-6-2-4-8-12(10)14(13)16/h1-8,15H. The highest BCUT2D eigenvalue weighted by atomic mass is 16.3. The summed E-state index contributed by atoms with van der Waals surface area (Å²) < 4.78 is 0. The predicted octanol–water partition coefficient (Wildman–Crippen LogP) is 3.84. The minimum Gasteiger partial charge on any atom is -0.504 e. The third kappa shape index (κ3) is 1.07. The molecule has 77 valence electrons. The Kier molecular flexibility index (Phi) is 1.77. The Balaban J connectivity index is 2.69. The summed E-state index contributed by atoms with van der Waals surface area (Å²) in [5.74, 6) is -0.455. The van der Waals surface area contributed by atoms with E-state index in [2.05, 4.69) is 0 Å². The van der Waals surface area contributed by atoms with E-state index in [1.807, 2.05) is 30.3 Å². The lowest BCUT2D eigenvalue weighted by Crippen LogP contribution is -1.79. The van der Waals surface area contributed by atoms with E-state index in [-0.39, 0.29) is 11.5 Å². The van der Waals surface area contributed by atoms with E-state index in [4.69, 9.17) is 0 Å². The number of fused-ring (bicyclic) bond motifs is 3. The van der Waals surface area contributed by atoms with Crippen LogP contribution in [0, 0.1) is 0 Å². The highest BCUT2D eigenvalue weighted by Crippen LogP contribution is 2.41. The lowest BCUT2D eigenvalue weighted by molar-refractivity contribution is 0.332. The van der Waals surface area contributed by atoms with Crippen LogP contribution < -0.4 is 0 Å². The van der Waals surface area contributed by atoms with Crippen LogP contribution in [-0.4, -0.2) is 5.11 Å². The van der Waals surface area contributed by atoms with Crippen LogP contribution in [-0.2, 0) is 5.11 Å². The molecule has 0 heterocycles. The zero-order chi connectivity index (χ0) is 11.1. The maximum atomic E-state index is 11.9. The van der Waals surface area contributed by atoms with E-state index in [0.717, 1.165) is 10.8 Å². The van der Waals surface area contributed by atoms with Gasteiger partial charge >= 0.3 is 0 Å². The van der Waals surface area contributed by atoms with Gasteiger partial charge in [-0.05, 0) is 10.8 Å². The maximum absolute atomic E-state index is 11.9. The molecule has 2 nitrogen and oxygen atoms in total. The summed E-state index contributed by atoms with van der Waals surface area (Å²) in [4.78, 5) is 0. The second kappa shape index (κ2) is 3.14. The van der Waals surface area contributed by atoms with Crippen LogP contribution in [0.15, 0.2) is 48.5 Å². The molecule has 0 fully saturated rings. The van der Waals surface area contributed by atoms with E-state index >= 15 is 0 Å². The maximum Gasteiger partial charge on any atom is 0.228 e. The fourth-order valence-corrected chi connectivity index (χ4v) is 2.09. The molecule has 0 aliphatic rings. The van der Waals surface area contributed by atoms with Crippen LogP contribution >= 0.6 is 0 Å². The Morgan fingerprint density at radius 1 is 0.688 bits per heavy atom. The van der Waals surface area contributed by atoms with Crippen molar-refractivity contribution >= 4 is 21.5 Å². The van der Waals surface area contributed by atoms with Gasteiger partial charge in [0.2, 0.25) is 5.75 Å². The van der Waals surface area contributed by atoms with Crippen LogP contribution in [0.1, 0.15) is 0 Å². The van der Waals surface area contributed by atoms with Gasteiger partial charge in [-0.25, -0.2) is 0 Å². The number of phenols is 1. The van der Waals surface area contributed by atoms with Gasteiger partial charge in [-0.1, -0.05) is 48.5 Å². The molecule has 0 unspecified atom stereocenters. The molecule has 1 N–H and O–H groups in total. The van der Waals surface area contributed by atoms with Gasteiger partial charge in [-0.15, -0.1) is 0 Å². The highest BCUT2D eigenvalue weighted by Gasteiger charge is 2.12. The first-order chi connectivity index (χ1) is 7.79. The number of aromatic hydroxyl groups is 1. The number of hydrogen-bond acceptors (Lipinski definition) is 1. The first-order valence-corrected chi connectivity index (χ1v) is 5.08. The summed E-state index contributed by atoms with van der Waals surface area (Å²) in [6.45, 7) is 0. The van der Waals surface area contributed by atoms with E-state index in [1.165, 1.54) is 0 Å². The van der Waals surface area contributed by atoms with Crippen molar-refractivity contribution in [1.29, 1.82) is 0 Å². The summed E-state index contributed by atoms with van der Waals surface area (Å²) in [5, 5.41) is 24.7. The molecule has 0 spiro atoms. The summed E-state index contributed by atoms with van der Waals surface area (Å²) in [5.41, 5.74) is 0. The van der Waals surface area contributed by atoms with Gasteiger partial charge in [0.15, 0.2) is 5.75 Å². The zero-order valence-electron chi connectivity index (χ0n) is 8.47. The topological polar surface area (TPSA) is 40.1 Å². The minimum atomic E-state index is -0.297. The predicted molar refractivity (Wildman–Crippen MR) is 63.3 cm³/mol. The molecule has 0 aromatic heterocycles.